The van der Waals surface area contributed by atoms with Gasteiger partial charge in [-0.05, 0) is 92.3 Å². The average Bonchev–Trinajstić information content (AvgIpc) is 2.76. The van der Waals surface area contributed by atoms with Gasteiger partial charge in [-0.25, -0.2) is 8.42 Å². The van der Waals surface area contributed by atoms with Crippen molar-refractivity contribution in [1.82, 2.24) is 5.32 Å². The van der Waals surface area contributed by atoms with Gasteiger partial charge in [-0.3, -0.25) is 9.10 Å². The highest BCUT2D eigenvalue weighted by Crippen LogP contribution is 2.28. The largest absolute Gasteiger partial charge is 0.347 e. The van der Waals surface area contributed by atoms with Crippen molar-refractivity contribution in [2.45, 2.75) is 78.3 Å². The Balaban J connectivity index is 1.89. The van der Waals surface area contributed by atoms with Crippen LogP contribution in [0.1, 0.15) is 73.4 Å². The number of sulfonamides is 1. The van der Waals surface area contributed by atoms with Crippen LogP contribution in [0, 0.1) is 13.8 Å². The number of hydrogen-bond donors (Lipinski definition) is 1. The van der Waals surface area contributed by atoms with Gasteiger partial charge in [-0.2, -0.15) is 0 Å². The quantitative estimate of drug-likeness (QED) is 0.608. The maximum Gasteiger partial charge on any atom is 0.244 e. The molecule has 1 aliphatic carbocycles. The second-order valence-corrected chi connectivity index (χ2v) is 10.8. The Morgan fingerprint density at radius 2 is 1.66 bits per heavy atom. The summed E-state index contributed by atoms with van der Waals surface area (Å²) in [6, 6.07) is 11.1. The predicted molar refractivity (Wildman–Crippen MR) is 132 cm³/mol. The Morgan fingerprint density at radius 1 is 0.969 bits per heavy atom. The van der Waals surface area contributed by atoms with Gasteiger partial charge >= 0.3 is 0 Å². The van der Waals surface area contributed by atoms with Gasteiger partial charge in [0.1, 0.15) is 6.04 Å². The molecule has 0 aliphatic heterocycles. The molecule has 6 heteroatoms. The van der Waals surface area contributed by atoms with E-state index in [9.17, 15) is 13.2 Å². The second kappa shape index (κ2) is 10.1. The van der Waals surface area contributed by atoms with Crippen molar-refractivity contribution < 1.29 is 13.2 Å². The number of nitrogens with one attached hydrogen (secondary N) is 1. The number of benzene rings is 2. The van der Waals surface area contributed by atoms with Crippen LogP contribution >= 0.6 is 0 Å². The van der Waals surface area contributed by atoms with Crippen molar-refractivity contribution in [2.24, 2.45) is 0 Å². The predicted octanol–water partition coefficient (Wildman–Crippen LogP) is 4.99. The number of aryl methyl sites for hydroxylation is 4. The summed E-state index contributed by atoms with van der Waals surface area (Å²) in [4.78, 5) is 13.4. The summed E-state index contributed by atoms with van der Waals surface area (Å²) in [7, 11) is -3.65. The molecular weight excluding hydrogens is 420 g/mol. The van der Waals surface area contributed by atoms with Gasteiger partial charge in [0, 0.05) is 0 Å². The van der Waals surface area contributed by atoms with E-state index in [1.807, 2.05) is 39.8 Å². The lowest BCUT2D eigenvalue weighted by Crippen LogP contribution is -2.50. The zero-order valence-corrected chi connectivity index (χ0v) is 20.8. The van der Waals surface area contributed by atoms with Crippen molar-refractivity contribution in [3.8, 4) is 0 Å². The first kappa shape index (κ1) is 24.3. The van der Waals surface area contributed by atoms with Crippen LogP contribution in [0.4, 0.5) is 5.69 Å². The standard InChI is InChI=1S/C26H36N2O3S/c1-6-24(22-14-13-20-10-8-9-11-21(20)17-22)27-26(29)25(7-2)28(32(5,30)31)23-15-12-18(3)19(4)16-23/h12-17,24-25H,6-11H2,1-5H3,(H,27,29). The third kappa shape index (κ3) is 5.34. The minimum absolute atomic E-state index is 0.148. The Morgan fingerprint density at radius 3 is 2.25 bits per heavy atom. The summed E-state index contributed by atoms with van der Waals surface area (Å²) in [6.07, 6.45) is 6.93. The lowest BCUT2D eigenvalue weighted by atomic mass is 9.88. The van der Waals surface area contributed by atoms with E-state index in [-0.39, 0.29) is 11.9 Å². The van der Waals surface area contributed by atoms with Gasteiger partial charge in [0.05, 0.1) is 18.0 Å². The monoisotopic (exact) mass is 456 g/mol. The van der Waals surface area contributed by atoms with Gasteiger partial charge in [-0.1, -0.05) is 38.1 Å². The summed E-state index contributed by atoms with van der Waals surface area (Å²) in [5.41, 5.74) is 6.48. The van der Waals surface area contributed by atoms with Crippen molar-refractivity contribution in [3.05, 3.63) is 64.2 Å². The molecule has 3 rings (SSSR count). The van der Waals surface area contributed by atoms with Crippen LogP contribution in [0.25, 0.3) is 0 Å². The highest BCUT2D eigenvalue weighted by atomic mass is 32.2. The van der Waals surface area contributed by atoms with Crippen molar-refractivity contribution in [1.29, 1.82) is 0 Å². The van der Waals surface area contributed by atoms with E-state index in [2.05, 4.69) is 23.5 Å². The molecule has 0 aromatic heterocycles. The molecule has 1 amide bonds. The van der Waals surface area contributed by atoms with E-state index >= 15 is 0 Å². The number of fused-ring (bicyclic) bond motifs is 1. The average molecular weight is 457 g/mol. The van der Waals surface area contributed by atoms with E-state index in [0.29, 0.717) is 12.1 Å². The SMILES string of the molecule is CCC(NC(=O)C(CC)N(c1ccc(C)c(C)c1)S(C)(=O)=O)c1ccc2c(c1)CCCC2. The summed E-state index contributed by atoms with van der Waals surface area (Å²) in [5, 5.41) is 3.14. The highest BCUT2D eigenvalue weighted by Gasteiger charge is 2.32. The molecule has 2 aromatic rings. The number of carbonyl (C=O) groups excluding carboxylic acids is 1. The molecule has 0 radical (unpaired) electrons. The Labute approximate surface area is 193 Å². The summed E-state index contributed by atoms with van der Waals surface area (Å²) < 4.78 is 26.8. The van der Waals surface area contributed by atoms with E-state index in [1.165, 1.54) is 34.5 Å². The molecule has 32 heavy (non-hydrogen) atoms. The first-order chi connectivity index (χ1) is 15.2. The minimum atomic E-state index is -3.65. The summed E-state index contributed by atoms with van der Waals surface area (Å²) in [5.74, 6) is -0.263. The van der Waals surface area contributed by atoms with Crippen LogP contribution in [0.5, 0.6) is 0 Å². The van der Waals surface area contributed by atoms with Crippen LogP contribution in [-0.4, -0.2) is 26.6 Å². The Bertz CT molecular complexity index is 1080. The van der Waals surface area contributed by atoms with E-state index in [0.717, 1.165) is 36.0 Å². The van der Waals surface area contributed by atoms with Gasteiger partial charge in [0.15, 0.2) is 0 Å². The molecular formula is C26H36N2O3S. The summed E-state index contributed by atoms with van der Waals surface area (Å²) in [6.45, 7) is 7.83. The fourth-order valence-electron chi connectivity index (χ4n) is 4.58. The number of nitrogens with zero attached hydrogens (tertiary/aromatic N) is 1. The maximum atomic E-state index is 13.4. The molecule has 1 N–H and O–H groups in total. The van der Waals surface area contributed by atoms with E-state index < -0.39 is 16.1 Å². The van der Waals surface area contributed by atoms with Gasteiger partial charge in [0.25, 0.3) is 0 Å². The minimum Gasteiger partial charge on any atom is -0.347 e. The lowest BCUT2D eigenvalue weighted by Gasteiger charge is -2.32. The fraction of sp³-hybridized carbons (Fsp3) is 0.500. The van der Waals surface area contributed by atoms with Crippen molar-refractivity contribution in [2.75, 3.05) is 10.6 Å². The van der Waals surface area contributed by atoms with Gasteiger partial charge < -0.3 is 5.32 Å². The third-order valence-corrected chi connectivity index (χ3v) is 7.75. The fourth-order valence-corrected chi connectivity index (χ4v) is 5.79. The van der Waals surface area contributed by atoms with Crippen LogP contribution < -0.4 is 9.62 Å². The third-order valence-electron chi connectivity index (χ3n) is 6.57. The normalized spacial score (nSPS) is 15.5. The molecule has 2 aromatic carbocycles. The van der Waals surface area contributed by atoms with E-state index in [1.54, 1.807) is 6.07 Å². The molecule has 0 saturated heterocycles. The van der Waals surface area contributed by atoms with Crippen molar-refractivity contribution in [3.63, 3.8) is 0 Å². The van der Waals surface area contributed by atoms with E-state index in [4.69, 9.17) is 0 Å². The smallest absolute Gasteiger partial charge is 0.244 e. The number of amides is 1. The molecule has 0 spiro atoms. The highest BCUT2D eigenvalue weighted by molar-refractivity contribution is 7.92. The molecule has 0 saturated carbocycles. The Kier molecular flexibility index (Phi) is 7.65. The number of carbonyl (C=O) groups is 1. The summed E-state index contributed by atoms with van der Waals surface area (Å²) >= 11 is 0. The van der Waals surface area contributed by atoms with Crippen molar-refractivity contribution >= 4 is 21.6 Å². The molecule has 0 fully saturated rings. The van der Waals surface area contributed by atoms with Gasteiger partial charge in [-0.15, -0.1) is 0 Å². The number of hydrogen-bond acceptors (Lipinski definition) is 3. The number of rotatable bonds is 8. The van der Waals surface area contributed by atoms with Crippen LogP contribution in [0.2, 0.25) is 0 Å². The first-order valence-corrected chi connectivity index (χ1v) is 13.5. The van der Waals surface area contributed by atoms with Crippen LogP contribution in [0.15, 0.2) is 36.4 Å². The number of anilines is 1. The maximum absolute atomic E-state index is 13.4. The van der Waals surface area contributed by atoms with Gasteiger partial charge in [0.2, 0.25) is 15.9 Å². The molecule has 5 nitrogen and oxygen atoms in total. The van der Waals surface area contributed by atoms with Crippen LogP contribution in [-0.2, 0) is 27.7 Å². The first-order valence-electron chi connectivity index (χ1n) is 11.6. The Hall–Kier alpha value is -2.34. The molecule has 0 bridgehead atoms. The lowest BCUT2D eigenvalue weighted by molar-refractivity contribution is -0.123. The second-order valence-electron chi connectivity index (χ2n) is 8.96. The molecule has 1 aliphatic rings. The molecule has 174 valence electrons. The molecule has 2 atom stereocenters. The molecule has 0 heterocycles. The zero-order chi connectivity index (χ0) is 23.5. The topological polar surface area (TPSA) is 66.5 Å². The molecule has 2 unspecified atom stereocenters. The van der Waals surface area contributed by atoms with Crippen LogP contribution in [0.3, 0.4) is 0 Å². The zero-order valence-electron chi connectivity index (χ0n) is 19.9.